The highest BCUT2D eigenvalue weighted by atomic mass is 32.1. The van der Waals surface area contributed by atoms with E-state index in [0.29, 0.717) is 11.5 Å². The molecule has 0 aliphatic rings. The second kappa shape index (κ2) is 11.4. The first-order chi connectivity index (χ1) is 20.0. The van der Waals surface area contributed by atoms with Crippen molar-refractivity contribution >= 4 is 44.0 Å². The van der Waals surface area contributed by atoms with Crippen LogP contribution in [0.1, 0.15) is 119 Å². The normalized spacial score (nSPS) is 13.0. The maximum atomic E-state index is 12.1. The summed E-state index contributed by atoms with van der Waals surface area (Å²) in [5, 5.41) is 0. The minimum atomic E-state index is -0.303. The van der Waals surface area contributed by atoms with Crippen molar-refractivity contribution in [2.24, 2.45) is 0 Å². The molecule has 2 heterocycles. The molecule has 0 amide bonds. The number of fused-ring (bicyclic) bond motifs is 1. The molecule has 2 aromatic heterocycles. The van der Waals surface area contributed by atoms with Crippen molar-refractivity contribution in [1.29, 1.82) is 0 Å². The van der Waals surface area contributed by atoms with Crippen LogP contribution in [0.4, 0.5) is 0 Å². The molecule has 4 nitrogen and oxygen atoms in total. The van der Waals surface area contributed by atoms with Crippen LogP contribution in [0.5, 0.6) is 11.5 Å². The molecule has 0 aliphatic heterocycles. The van der Waals surface area contributed by atoms with Crippen molar-refractivity contribution in [3.63, 3.8) is 0 Å². The first-order valence-corrected chi connectivity index (χ1v) is 16.9. The molecule has 4 rings (SSSR count). The number of thiophene rings is 2. The molecule has 6 heteroatoms. The molecule has 0 fully saturated rings. The molecule has 2 aromatic carbocycles. The van der Waals surface area contributed by atoms with Crippen LogP contribution in [0.2, 0.25) is 0 Å². The SMILES string of the molecule is CC(=O)Oc1c(C(C)(C)C)cc(-c2cc3sc(-c4cc(C(C)(C)C)c(OC(C)=O)c(C(C)(C)C)c4)cc3s2)cc1C(C)(C)C. The highest BCUT2D eigenvalue weighted by molar-refractivity contribution is 7.31. The van der Waals surface area contributed by atoms with Gasteiger partial charge in [0.05, 0.1) is 0 Å². The minimum Gasteiger partial charge on any atom is -0.426 e. The molecular weight excluding hydrogens is 585 g/mol. The summed E-state index contributed by atoms with van der Waals surface area (Å²) in [5.41, 5.74) is 5.56. The molecule has 0 bridgehead atoms. The number of ether oxygens (including phenoxy) is 2. The van der Waals surface area contributed by atoms with E-state index in [2.05, 4.69) is 119 Å². The topological polar surface area (TPSA) is 52.6 Å². The fourth-order valence-electron chi connectivity index (χ4n) is 5.40. The summed E-state index contributed by atoms with van der Waals surface area (Å²) in [6.45, 7) is 28.9. The average molecular weight is 633 g/mol. The zero-order valence-electron chi connectivity index (χ0n) is 28.9. The predicted molar refractivity (Wildman–Crippen MR) is 188 cm³/mol. The summed E-state index contributed by atoms with van der Waals surface area (Å²) in [6, 6.07) is 13.4. The van der Waals surface area contributed by atoms with Gasteiger partial charge in [0.1, 0.15) is 11.5 Å². The van der Waals surface area contributed by atoms with Gasteiger partial charge in [-0.2, -0.15) is 0 Å². The van der Waals surface area contributed by atoms with Crippen molar-refractivity contribution in [1.82, 2.24) is 0 Å². The maximum absolute atomic E-state index is 12.1. The summed E-state index contributed by atoms with van der Waals surface area (Å²) in [6.07, 6.45) is 0. The summed E-state index contributed by atoms with van der Waals surface area (Å²) in [5.74, 6) is 0.762. The molecule has 0 unspecified atom stereocenters. The summed E-state index contributed by atoms with van der Waals surface area (Å²) in [7, 11) is 0. The molecular formula is C38H48O4S2. The Kier molecular flexibility index (Phi) is 8.82. The molecule has 236 valence electrons. The monoisotopic (exact) mass is 632 g/mol. The summed E-state index contributed by atoms with van der Waals surface area (Å²) < 4.78 is 14.2. The molecule has 0 radical (unpaired) electrons. The van der Waals surface area contributed by atoms with Crippen molar-refractivity contribution in [2.75, 3.05) is 0 Å². The lowest BCUT2D eigenvalue weighted by Crippen LogP contribution is -2.21. The Labute approximate surface area is 271 Å². The third-order valence-electron chi connectivity index (χ3n) is 7.68. The van der Waals surface area contributed by atoms with Crippen molar-refractivity contribution in [3.8, 4) is 32.4 Å². The van der Waals surface area contributed by atoms with Crippen LogP contribution in [0.3, 0.4) is 0 Å². The van der Waals surface area contributed by atoms with Gasteiger partial charge in [-0.15, -0.1) is 22.7 Å². The van der Waals surface area contributed by atoms with E-state index in [-0.39, 0.29) is 33.6 Å². The van der Waals surface area contributed by atoms with Crippen LogP contribution in [-0.2, 0) is 31.2 Å². The number of esters is 2. The minimum absolute atomic E-state index is 0.212. The van der Waals surface area contributed by atoms with Gasteiger partial charge in [-0.3, -0.25) is 9.59 Å². The van der Waals surface area contributed by atoms with Crippen molar-refractivity contribution in [2.45, 2.75) is 119 Å². The lowest BCUT2D eigenvalue weighted by molar-refractivity contribution is -0.133. The lowest BCUT2D eigenvalue weighted by atomic mass is 9.78. The molecule has 0 atom stereocenters. The molecule has 4 aromatic rings. The van der Waals surface area contributed by atoms with Crippen LogP contribution in [0.25, 0.3) is 30.3 Å². The fraction of sp³-hybridized carbons (Fsp3) is 0.474. The lowest BCUT2D eigenvalue weighted by Gasteiger charge is -2.30. The van der Waals surface area contributed by atoms with E-state index in [9.17, 15) is 9.59 Å². The third-order valence-corrected chi connectivity index (χ3v) is 10.1. The molecule has 0 saturated carbocycles. The number of hydrogen-bond acceptors (Lipinski definition) is 6. The quantitative estimate of drug-likeness (QED) is 0.166. The van der Waals surface area contributed by atoms with Gasteiger partial charge < -0.3 is 9.47 Å². The highest BCUT2D eigenvalue weighted by Crippen LogP contribution is 2.48. The molecule has 0 spiro atoms. The van der Waals surface area contributed by atoms with Gasteiger partial charge in [0.2, 0.25) is 0 Å². The number of carbonyl (C=O) groups excluding carboxylic acids is 2. The first kappa shape index (κ1) is 33.9. The van der Waals surface area contributed by atoms with Crippen LogP contribution < -0.4 is 9.47 Å². The summed E-state index contributed by atoms with van der Waals surface area (Å²) in [4.78, 5) is 26.7. The maximum Gasteiger partial charge on any atom is 0.308 e. The van der Waals surface area contributed by atoms with Gasteiger partial charge in [0.25, 0.3) is 0 Å². The van der Waals surface area contributed by atoms with Crippen LogP contribution in [-0.4, -0.2) is 11.9 Å². The number of benzene rings is 2. The zero-order chi connectivity index (χ0) is 33.2. The third kappa shape index (κ3) is 7.13. The molecule has 0 aliphatic carbocycles. The number of carbonyl (C=O) groups is 2. The highest BCUT2D eigenvalue weighted by Gasteiger charge is 2.31. The van der Waals surface area contributed by atoms with E-state index in [1.807, 2.05) is 0 Å². The Morgan fingerprint density at radius 1 is 0.477 bits per heavy atom. The summed E-state index contributed by atoms with van der Waals surface area (Å²) >= 11 is 3.58. The van der Waals surface area contributed by atoms with Crippen LogP contribution in [0, 0.1) is 0 Å². The van der Waals surface area contributed by atoms with Crippen molar-refractivity contribution < 1.29 is 19.1 Å². The smallest absolute Gasteiger partial charge is 0.308 e. The van der Waals surface area contributed by atoms with Crippen molar-refractivity contribution in [3.05, 3.63) is 58.7 Å². The van der Waals surface area contributed by atoms with Crippen LogP contribution in [0.15, 0.2) is 36.4 Å². The Morgan fingerprint density at radius 2 is 0.727 bits per heavy atom. The van der Waals surface area contributed by atoms with Gasteiger partial charge >= 0.3 is 11.9 Å². The van der Waals surface area contributed by atoms with E-state index >= 15 is 0 Å². The van der Waals surface area contributed by atoms with Gasteiger partial charge in [0.15, 0.2) is 0 Å². The van der Waals surface area contributed by atoms with Gasteiger partial charge in [-0.25, -0.2) is 0 Å². The Morgan fingerprint density at radius 3 is 0.932 bits per heavy atom. The van der Waals surface area contributed by atoms with E-state index in [1.54, 1.807) is 22.7 Å². The molecule has 0 saturated heterocycles. The molecule has 0 N–H and O–H groups in total. The Bertz CT molecular complexity index is 1510. The Hall–Kier alpha value is -2.96. The van der Waals surface area contributed by atoms with Gasteiger partial charge in [-0.05, 0) is 69.2 Å². The van der Waals surface area contributed by atoms with Gasteiger partial charge in [-0.1, -0.05) is 83.1 Å². The zero-order valence-corrected chi connectivity index (χ0v) is 30.5. The van der Waals surface area contributed by atoms with E-state index < -0.39 is 0 Å². The van der Waals surface area contributed by atoms with Crippen LogP contribution >= 0.6 is 22.7 Å². The Balaban J connectivity index is 1.89. The van der Waals surface area contributed by atoms with E-state index in [0.717, 1.165) is 33.4 Å². The fourth-order valence-corrected chi connectivity index (χ4v) is 7.77. The van der Waals surface area contributed by atoms with E-state index in [1.165, 1.54) is 33.0 Å². The van der Waals surface area contributed by atoms with E-state index in [4.69, 9.17) is 9.47 Å². The second-order valence-electron chi connectivity index (χ2n) is 15.9. The first-order valence-electron chi connectivity index (χ1n) is 15.3. The molecule has 44 heavy (non-hydrogen) atoms. The van der Waals surface area contributed by atoms with Gasteiger partial charge in [0, 0.05) is 55.3 Å². The number of hydrogen-bond donors (Lipinski definition) is 0. The predicted octanol–water partition coefficient (Wildman–Crippen LogP) is 11.3. The second-order valence-corrected chi connectivity index (χ2v) is 18.1. The largest absolute Gasteiger partial charge is 0.426 e. The average Bonchev–Trinajstić information content (AvgIpc) is 3.40. The standard InChI is InChI=1S/C38H48O4S2/c1-21(39)41-33-25(35(3,4)5)15-23(16-26(33)36(6,7)8)29-19-31-32(43-29)20-30(44-31)24-17-27(37(9,10)11)34(42-22(2)40)28(18-24)38(12,13)14/h15-20H,1-14H3. The number of rotatable bonds is 4.